The molecule has 0 aliphatic rings. The largest absolute Gasteiger partial charge is 0.354 e. The monoisotopic (exact) mass is 503 g/mol. The number of halogens is 2. The van der Waals surface area contributed by atoms with Gasteiger partial charge in [0.15, 0.2) is 0 Å². The predicted molar refractivity (Wildman–Crippen MR) is 134 cm³/mol. The zero-order valence-corrected chi connectivity index (χ0v) is 20.6. The summed E-state index contributed by atoms with van der Waals surface area (Å²) in [4.78, 5) is 38.3. The van der Waals surface area contributed by atoms with Crippen molar-refractivity contribution >= 4 is 50.7 Å². The number of amides is 3. The van der Waals surface area contributed by atoms with Crippen LogP contribution in [0.5, 0.6) is 0 Å². The molecule has 3 aromatic rings. The maximum absolute atomic E-state index is 13.1. The number of hydrogen-bond donors (Lipinski definition) is 3. The van der Waals surface area contributed by atoms with Gasteiger partial charge < -0.3 is 16.0 Å². The van der Waals surface area contributed by atoms with Crippen LogP contribution in [0.1, 0.15) is 46.7 Å². The Bertz CT molecular complexity index is 1150. The molecule has 1 atom stereocenters. The number of hydrogen-bond acceptors (Lipinski definition) is 4. The second-order valence-corrected chi connectivity index (χ2v) is 9.82. The van der Waals surface area contributed by atoms with Gasteiger partial charge in [-0.3, -0.25) is 14.4 Å². The number of benzene rings is 2. The standard InChI is InChI=1S/C25H27ClFN3O3S/c1-15(2)12-20(30-25(33)22-13-16-6-3-4-7-21(16)34-22)24(32)29-11-5-10-28-23(31)18-9-8-17(27)14-19(18)26/h3-4,6-9,13-15,20H,5,10-12H2,1-2H3,(H,28,31)(H,29,32)(H,30,33)/t20-/m0/s1. The Kier molecular flexibility index (Phi) is 9.01. The van der Waals surface area contributed by atoms with Crippen LogP contribution in [0.25, 0.3) is 10.1 Å². The summed E-state index contributed by atoms with van der Waals surface area (Å²) >= 11 is 7.29. The quantitative estimate of drug-likeness (QED) is 0.348. The first-order valence-corrected chi connectivity index (χ1v) is 12.2. The third kappa shape index (κ3) is 7.01. The van der Waals surface area contributed by atoms with E-state index >= 15 is 0 Å². The van der Waals surface area contributed by atoms with Crippen LogP contribution in [0.15, 0.2) is 48.5 Å². The first kappa shape index (κ1) is 25.6. The Hall–Kier alpha value is -2.97. The fraction of sp³-hybridized carbons (Fsp3) is 0.320. The van der Waals surface area contributed by atoms with E-state index in [1.165, 1.54) is 23.5 Å². The van der Waals surface area contributed by atoms with E-state index in [1.54, 1.807) is 0 Å². The average molecular weight is 504 g/mol. The second kappa shape index (κ2) is 11.9. The molecule has 180 valence electrons. The predicted octanol–water partition coefficient (Wildman–Crippen LogP) is 4.77. The summed E-state index contributed by atoms with van der Waals surface area (Å²) in [5, 5.41) is 9.41. The molecule has 0 saturated heterocycles. The van der Waals surface area contributed by atoms with Gasteiger partial charge in [-0.15, -0.1) is 11.3 Å². The van der Waals surface area contributed by atoms with E-state index < -0.39 is 17.8 Å². The smallest absolute Gasteiger partial charge is 0.262 e. The lowest BCUT2D eigenvalue weighted by molar-refractivity contribution is -0.123. The lowest BCUT2D eigenvalue weighted by Gasteiger charge is -2.20. The molecule has 0 saturated carbocycles. The van der Waals surface area contributed by atoms with Crippen molar-refractivity contribution in [1.29, 1.82) is 0 Å². The van der Waals surface area contributed by atoms with Crippen molar-refractivity contribution in [3.63, 3.8) is 0 Å². The van der Waals surface area contributed by atoms with Crippen molar-refractivity contribution in [2.75, 3.05) is 13.1 Å². The van der Waals surface area contributed by atoms with Crippen LogP contribution in [0.3, 0.4) is 0 Å². The molecule has 0 unspecified atom stereocenters. The van der Waals surface area contributed by atoms with Gasteiger partial charge >= 0.3 is 0 Å². The summed E-state index contributed by atoms with van der Waals surface area (Å²) in [6, 6.07) is 12.5. The van der Waals surface area contributed by atoms with Crippen LogP contribution in [-0.4, -0.2) is 36.9 Å². The van der Waals surface area contributed by atoms with E-state index in [1.807, 2.05) is 44.2 Å². The molecule has 3 rings (SSSR count). The van der Waals surface area contributed by atoms with E-state index in [0.717, 1.165) is 16.2 Å². The fourth-order valence-corrected chi connectivity index (χ4v) is 4.64. The van der Waals surface area contributed by atoms with E-state index in [-0.39, 0.29) is 28.3 Å². The van der Waals surface area contributed by atoms with Gasteiger partial charge in [0, 0.05) is 17.8 Å². The fourth-order valence-electron chi connectivity index (χ4n) is 3.42. The zero-order valence-electron chi connectivity index (χ0n) is 19.0. The highest BCUT2D eigenvalue weighted by Crippen LogP contribution is 2.25. The van der Waals surface area contributed by atoms with Gasteiger partial charge in [-0.1, -0.05) is 43.6 Å². The second-order valence-electron chi connectivity index (χ2n) is 8.33. The minimum Gasteiger partial charge on any atom is -0.354 e. The minimum atomic E-state index is -0.662. The Morgan fingerprint density at radius 1 is 1.00 bits per heavy atom. The van der Waals surface area contributed by atoms with Gasteiger partial charge in [0.1, 0.15) is 11.9 Å². The molecule has 0 aliphatic heterocycles. The molecule has 0 aliphatic carbocycles. The first-order valence-electron chi connectivity index (χ1n) is 11.0. The van der Waals surface area contributed by atoms with Crippen molar-refractivity contribution in [1.82, 2.24) is 16.0 Å². The van der Waals surface area contributed by atoms with E-state index in [2.05, 4.69) is 16.0 Å². The lowest BCUT2D eigenvalue weighted by Crippen LogP contribution is -2.47. The van der Waals surface area contributed by atoms with Crippen LogP contribution < -0.4 is 16.0 Å². The highest BCUT2D eigenvalue weighted by Gasteiger charge is 2.23. The molecule has 9 heteroatoms. The molecule has 3 amide bonds. The van der Waals surface area contributed by atoms with E-state index in [0.29, 0.717) is 30.8 Å². The number of rotatable bonds is 10. The summed E-state index contributed by atoms with van der Waals surface area (Å²) in [6.07, 6.45) is 0.983. The number of carbonyl (C=O) groups excluding carboxylic acids is 3. The number of thiophene rings is 1. The molecular formula is C25H27ClFN3O3S. The molecule has 2 aromatic carbocycles. The van der Waals surface area contributed by atoms with Gasteiger partial charge in [-0.25, -0.2) is 4.39 Å². The summed E-state index contributed by atoms with van der Waals surface area (Å²) < 4.78 is 14.1. The SMILES string of the molecule is CC(C)C[C@H](NC(=O)c1cc2ccccc2s1)C(=O)NCCCNC(=O)c1ccc(F)cc1Cl. The minimum absolute atomic E-state index is 0.0386. The van der Waals surface area contributed by atoms with Crippen LogP contribution >= 0.6 is 22.9 Å². The summed E-state index contributed by atoms with van der Waals surface area (Å²) in [5.74, 6) is -1.26. The summed E-state index contributed by atoms with van der Waals surface area (Å²) in [5.41, 5.74) is 0.188. The highest BCUT2D eigenvalue weighted by molar-refractivity contribution is 7.20. The molecule has 34 heavy (non-hydrogen) atoms. The van der Waals surface area contributed by atoms with E-state index in [9.17, 15) is 18.8 Å². The molecule has 0 spiro atoms. The van der Waals surface area contributed by atoms with Crippen molar-refractivity contribution < 1.29 is 18.8 Å². The zero-order chi connectivity index (χ0) is 24.7. The van der Waals surface area contributed by atoms with Crippen LogP contribution in [0, 0.1) is 11.7 Å². The van der Waals surface area contributed by atoms with Gasteiger partial charge in [0.05, 0.1) is 15.5 Å². The highest BCUT2D eigenvalue weighted by atomic mass is 35.5. The average Bonchev–Trinajstić information content (AvgIpc) is 3.22. The van der Waals surface area contributed by atoms with Crippen LogP contribution in [0.2, 0.25) is 5.02 Å². The van der Waals surface area contributed by atoms with Crippen molar-refractivity contribution in [2.45, 2.75) is 32.7 Å². The topological polar surface area (TPSA) is 87.3 Å². The number of fused-ring (bicyclic) bond motifs is 1. The third-order valence-electron chi connectivity index (χ3n) is 5.09. The molecule has 0 radical (unpaired) electrons. The molecule has 6 nitrogen and oxygen atoms in total. The Morgan fingerprint density at radius 2 is 1.74 bits per heavy atom. The van der Waals surface area contributed by atoms with Crippen LogP contribution in [-0.2, 0) is 4.79 Å². The lowest BCUT2D eigenvalue weighted by atomic mass is 10.0. The third-order valence-corrected chi connectivity index (χ3v) is 6.52. The molecule has 0 bridgehead atoms. The van der Waals surface area contributed by atoms with Crippen molar-refractivity contribution in [2.24, 2.45) is 5.92 Å². The van der Waals surface area contributed by atoms with Gasteiger partial charge in [0.25, 0.3) is 11.8 Å². The molecule has 0 fully saturated rings. The van der Waals surface area contributed by atoms with Crippen molar-refractivity contribution in [3.8, 4) is 0 Å². The van der Waals surface area contributed by atoms with Crippen molar-refractivity contribution in [3.05, 3.63) is 69.8 Å². The maximum atomic E-state index is 13.1. The number of carbonyl (C=O) groups is 3. The Balaban J connectivity index is 1.48. The Morgan fingerprint density at radius 3 is 2.44 bits per heavy atom. The molecule has 1 aromatic heterocycles. The van der Waals surface area contributed by atoms with Crippen LogP contribution in [0.4, 0.5) is 4.39 Å². The van der Waals surface area contributed by atoms with Gasteiger partial charge in [0.2, 0.25) is 5.91 Å². The molecular weight excluding hydrogens is 477 g/mol. The maximum Gasteiger partial charge on any atom is 0.262 e. The van der Waals surface area contributed by atoms with Gasteiger partial charge in [-0.2, -0.15) is 0 Å². The van der Waals surface area contributed by atoms with E-state index in [4.69, 9.17) is 11.6 Å². The number of nitrogens with one attached hydrogen (secondary N) is 3. The Labute approximate surface area is 206 Å². The first-order chi connectivity index (χ1) is 16.2. The molecule has 3 N–H and O–H groups in total. The van der Waals surface area contributed by atoms with Gasteiger partial charge in [-0.05, 0) is 54.5 Å². The summed E-state index contributed by atoms with van der Waals surface area (Å²) in [7, 11) is 0. The normalized spacial score (nSPS) is 11.9. The molecule has 1 heterocycles. The summed E-state index contributed by atoms with van der Waals surface area (Å²) in [6.45, 7) is 4.60.